The molecular formula is C20H19Cl2CoN5. The van der Waals surface area contributed by atoms with Gasteiger partial charge in [-0.05, 0) is 48.9 Å². The Kier molecular flexibility index (Phi) is 12.6. The van der Waals surface area contributed by atoms with Gasteiger partial charge in [0.25, 0.3) is 0 Å². The van der Waals surface area contributed by atoms with E-state index in [0.29, 0.717) is 0 Å². The van der Waals surface area contributed by atoms with Gasteiger partial charge in [0.15, 0.2) is 0 Å². The second-order valence-electron chi connectivity index (χ2n) is 5.47. The zero-order chi connectivity index (χ0) is 17.3. The zero-order valence-electron chi connectivity index (χ0n) is 15.0. The molecule has 28 heavy (non-hydrogen) atoms. The first-order chi connectivity index (χ1) is 12.3. The second kappa shape index (κ2) is 13.7. The van der Waals surface area contributed by atoms with Gasteiger partial charge in [-0.3, -0.25) is 10.9 Å². The standard InChI is InChI=1S/C20H19N5.2ClH.Co/c1-16-12-19(14-21-24-17-8-4-2-5-9-17)23-20(13-16)15-22-25-18-10-6-3-7-11-18;;;/h2-15,24-25H,1H3;2*1H;/q;;;+2/p-2. The number of anilines is 2. The molecule has 0 aliphatic heterocycles. The number of nitrogens with one attached hydrogen (secondary N) is 2. The van der Waals surface area contributed by atoms with E-state index in [1.54, 1.807) is 12.4 Å². The molecule has 5 nitrogen and oxygen atoms in total. The van der Waals surface area contributed by atoms with Crippen molar-refractivity contribution < 1.29 is 41.6 Å². The Hall–Kier alpha value is -2.38. The predicted octanol–water partition coefficient (Wildman–Crippen LogP) is -1.71. The molecule has 0 bridgehead atoms. The van der Waals surface area contributed by atoms with E-state index in [1.807, 2.05) is 79.7 Å². The fourth-order valence-electron chi connectivity index (χ4n) is 2.23. The van der Waals surface area contributed by atoms with E-state index < -0.39 is 0 Å². The SMILES string of the molecule is Cc1cc(C=NNc2ccccc2)nc(C=NNc2ccccc2)c1.[Cl-].[Cl-].[Co+2]. The van der Waals surface area contributed by atoms with Crippen molar-refractivity contribution in [2.75, 3.05) is 10.9 Å². The average Bonchev–Trinajstić information content (AvgIpc) is 2.63. The van der Waals surface area contributed by atoms with Gasteiger partial charge >= 0.3 is 16.8 Å². The van der Waals surface area contributed by atoms with Crippen LogP contribution >= 0.6 is 0 Å². The number of halogens is 2. The molecule has 8 heteroatoms. The van der Waals surface area contributed by atoms with Crippen molar-refractivity contribution in [3.8, 4) is 0 Å². The fraction of sp³-hybridized carbons (Fsp3) is 0.0500. The van der Waals surface area contributed by atoms with Gasteiger partial charge in [0.1, 0.15) is 0 Å². The van der Waals surface area contributed by atoms with E-state index in [0.717, 1.165) is 28.3 Å². The summed E-state index contributed by atoms with van der Waals surface area (Å²) in [5, 5.41) is 8.45. The Labute approximate surface area is 187 Å². The third-order valence-corrected chi connectivity index (χ3v) is 3.34. The first kappa shape index (κ1) is 25.6. The number of hydrazone groups is 2. The van der Waals surface area contributed by atoms with Crippen LogP contribution in [0.15, 0.2) is 83.0 Å². The molecule has 0 aliphatic rings. The number of benzene rings is 2. The molecule has 147 valence electrons. The van der Waals surface area contributed by atoms with Crippen molar-refractivity contribution in [1.82, 2.24) is 4.98 Å². The van der Waals surface area contributed by atoms with Gasteiger partial charge in [-0.1, -0.05) is 36.4 Å². The topological polar surface area (TPSA) is 61.7 Å². The van der Waals surface area contributed by atoms with Gasteiger partial charge in [0, 0.05) is 0 Å². The summed E-state index contributed by atoms with van der Waals surface area (Å²) in [6.45, 7) is 2.02. The summed E-state index contributed by atoms with van der Waals surface area (Å²) in [6, 6.07) is 23.5. The van der Waals surface area contributed by atoms with Crippen molar-refractivity contribution in [1.29, 1.82) is 0 Å². The molecule has 1 radical (unpaired) electrons. The Bertz CT molecular complexity index is 805. The summed E-state index contributed by atoms with van der Waals surface area (Å²) in [5.41, 5.74) is 10.5. The van der Waals surface area contributed by atoms with Crippen molar-refractivity contribution in [3.63, 3.8) is 0 Å². The maximum absolute atomic E-state index is 4.52. The van der Waals surface area contributed by atoms with Crippen LogP contribution in [0.4, 0.5) is 11.4 Å². The van der Waals surface area contributed by atoms with Gasteiger partial charge in [0.05, 0.1) is 35.2 Å². The Balaban J connectivity index is 0.00000243. The number of nitrogens with zero attached hydrogens (tertiary/aromatic N) is 3. The molecule has 1 heterocycles. The van der Waals surface area contributed by atoms with Crippen LogP contribution in [-0.2, 0) is 16.8 Å². The predicted molar refractivity (Wildman–Crippen MR) is 104 cm³/mol. The van der Waals surface area contributed by atoms with E-state index in [-0.39, 0.29) is 41.6 Å². The third-order valence-electron chi connectivity index (χ3n) is 3.34. The number of para-hydroxylation sites is 2. The largest absolute Gasteiger partial charge is 2.00 e. The van der Waals surface area contributed by atoms with Crippen molar-refractivity contribution in [2.24, 2.45) is 10.2 Å². The molecule has 3 rings (SSSR count). The molecule has 2 N–H and O–H groups in total. The molecule has 0 spiro atoms. The molecule has 1 aromatic heterocycles. The molecule has 2 aromatic carbocycles. The number of hydrogen-bond donors (Lipinski definition) is 2. The van der Waals surface area contributed by atoms with Crippen LogP contribution in [0.2, 0.25) is 0 Å². The Morgan fingerprint density at radius 1 is 0.714 bits per heavy atom. The van der Waals surface area contributed by atoms with Crippen molar-refractivity contribution in [2.45, 2.75) is 6.92 Å². The van der Waals surface area contributed by atoms with Crippen LogP contribution in [0, 0.1) is 6.92 Å². The molecule has 0 saturated heterocycles. The van der Waals surface area contributed by atoms with Crippen LogP contribution in [0.3, 0.4) is 0 Å². The summed E-state index contributed by atoms with van der Waals surface area (Å²) in [7, 11) is 0. The molecular weight excluding hydrogens is 440 g/mol. The molecule has 0 aliphatic carbocycles. The summed E-state index contributed by atoms with van der Waals surface area (Å²) in [6.07, 6.45) is 3.39. The van der Waals surface area contributed by atoms with E-state index in [9.17, 15) is 0 Å². The van der Waals surface area contributed by atoms with Gasteiger partial charge in [0.2, 0.25) is 0 Å². The van der Waals surface area contributed by atoms with Crippen molar-refractivity contribution in [3.05, 3.63) is 89.7 Å². The van der Waals surface area contributed by atoms with Gasteiger partial charge in [-0.2, -0.15) is 10.2 Å². The number of aryl methyl sites for hydroxylation is 1. The second-order valence-corrected chi connectivity index (χ2v) is 5.47. The van der Waals surface area contributed by atoms with Gasteiger partial charge < -0.3 is 24.8 Å². The zero-order valence-corrected chi connectivity index (χ0v) is 17.6. The van der Waals surface area contributed by atoms with Crippen LogP contribution in [0.1, 0.15) is 17.0 Å². The molecule has 0 unspecified atom stereocenters. The van der Waals surface area contributed by atoms with Gasteiger partial charge in [-0.15, -0.1) is 0 Å². The number of pyridine rings is 1. The third kappa shape index (κ3) is 8.54. The van der Waals surface area contributed by atoms with Crippen LogP contribution in [0.5, 0.6) is 0 Å². The monoisotopic (exact) mass is 458 g/mol. The minimum Gasteiger partial charge on any atom is -1.00 e. The summed E-state index contributed by atoms with van der Waals surface area (Å²) >= 11 is 0. The maximum atomic E-state index is 4.52. The number of hydrogen-bond acceptors (Lipinski definition) is 5. The van der Waals surface area contributed by atoms with Gasteiger partial charge in [-0.25, -0.2) is 4.98 Å². The van der Waals surface area contributed by atoms with E-state index >= 15 is 0 Å². The Morgan fingerprint density at radius 2 is 1.11 bits per heavy atom. The fourth-order valence-corrected chi connectivity index (χ4v) is 2.23. The molecule has 0 fully saturated rings. The quantitative estimate of drug-likeness (QED) is 0.341. The molecule has 3 aromatic rings. The van der Waals surface area contributed by atoms with E-state index in [2.05, 4.69) is 26.0 Å². The van der Waals surface area contributed by atoms with E-state index in [4.69, 9.17) is 0 Å². The molecule has 0 saturated carbocycles. The molecule has 0 amide bonds. The smallest absolute Gasteiger partial charge is 1.00 e. The number of rotatable bonds is 6. The Morgan fingerprint density at radius 3 is 1.50 bits per heavy atom. The van der Waals surface area contributed by atoms with Crippen LogP contribution in [-0.4, -0.2) is 17.4 Å². The summed E-state index contributed by atoms with van der Waals surface area (Å²) in [5.74, 6) is 0. The first-order valence-corrected chi connectivity index (χ1v) is 7.96. The van der Waals surface area contributed by atoms with Crippen LogP contribution in [0.25, 0.3) is 0 Å². The molecule has 0 atom stereocenters. The maximum Gasteiger partial charge on any atom is 2.00 e. The summed E-state index contributed by atoms with van der Waals surface area (Å²) < 4.78 is 0. The average molecular weight is 459 g/mol. The number of aromatic nitrogens is 1. The van der Waals surface area contributed by atoms with Crippen molar-refractivity contribution >= 4 is 23.8 Å². The van der Waals surface area contributed by atoms with Crippen LogP contribution < -0.4 is 35.7 Å². The first-order valence-electron chi connectivity index (χ1n) is 7.96. The minimum absolute atomic E-state index is 0. The normalized spacial score (nSPS) is 9.89. The summed E-state index contributed by atoms with van der Waals surface area (Å²) in [4.78, 5) is 4.52. The minimum atomic E-state index is 0. The van der Waals surface area contributed by atoms with E-state index in [1.165, 1.54) is 0 Å².